The van der Waals surface area contributed by atoms with Crippen LogP contribution in [0.4, 0.5) is 5.69 Å². The second kappa shape index (κ2) is 16.7. The van der Waals surface area contributed by atoms with Crippen molar-refractivity contribution in [3.05, 3.63) is 179 Å². The van der Waals surface area contributed by atoms with Crippen LogP contribution in [-0.4, -0.2) is 33.9 Å². The number of nitrogens with zero attached hydrogens (tertiary/aromatic N) is 1. The van der Waals surface area contributed by atoms with Crippen molar-refractivity contribution in [3.63, 3.8) is 0 Å². The lowest BCUT2D eigenvalue weighted by molar-refractivity contribution is -0.440. The maximum atomic E-state index is 9.83. The number of rotatable bonds is 8. The highest BCUT2D eigenvalue weighted by atomic mass is 79.9. The number of alkyl halides is 2. The van der Waals surface area contributed by atoms with Crippen molar-refractivity contribution >= 4 is 51.8 Å². The van der Waals surface area contributed by atoms with Gasteiger partial charge in [0.05, 0.1) is 10.8 Å². The number of aliphatic hydroxyl groups excluding tert-OH is 1. The molecule has 1 aliphatic heterocycles. The Hall–Kier alpha value is -3.73. The molecule has 0 unspecified atom stereocenters. The third-order valence-electron chi connectivity index (χ3n) is 8.19. The number of allylic oxidation sites excluding steroid dienone is 1. The Morgan fingerprint density at radius 3 is 1.48 bits per heavy atom. The van der Waals surface area contributed by atoms with Crippen LogP contribution in [0, 0.1) is 0 Å². The molecule has 5 aromatic carbocycles. The molecule has 0 spiro atoms. The van der Waals surface area contributed by atoms with Crippen LogP contribution in [0.15, 0.2) is 146 Å². The first-order chi connectivity index (χ1) is 22.0. The topological polar surface area (TPSA) is 23.2 Å². The molecule has 0 radical (unpaired) electrons. The van der Waals surface area contributed by atoms with E-state index in [-0.39, 0.29) is 34.3 Å². The van der Waals surface area contributed by atoms with Crippen LogP contribution < -0.4 is 17.0 Å². The number of hydrogen-bond acceptors (Lipinski definition) is 1. The highest BCUT2D eigenvalue weighted by Crippen LogP contribution is 2.40. The Balaban J connectivity index is 0.00000116. The minimum Gasteiger partial charge on any atom is -1.00 e. The molecule has 1 heterocycles. The normalized spacial score (nSPS) is 13.0. The van der Waals surface area contributed by atoms with Crippen molar-refractivity contribution in [2.24, 2.45) is 0 Å². The number of fused-ring (bicyclic) bond motifs is 1. The van der Waals surface area contributed by atoms with Gasteiger partial charge in [0, 0.05) is 17.7 Å². The molecule has 1 aliphatic rings. The van der Waals surface area contributed by atoms with Crippen LogP contribution in [0.2, 0.25) is 0 Å². The first-order valence-electron chi connectivity index (χ1n) is 15.2. The molecular formula is C41H38BrCl2NO. The first kappa shape index (κ1) is 35.1. The van der Waals surface area contributed by atoms with E-state index in [0.29, 0.717) is 6.54 Å². The monoisotopic (exact) mass is 709 g/mol. The summed E-state index contributed by atoms with van der Waals surface area (Å²) in [5.74, 6) is 0. The van der Waals surface area contributed by atoms with E-state index < -0.39 is 0 Å². The smallest absolute Gasteiger partial charge is 0.209 e. The Kier molecular flexibility index (Phi) is 12.8. The summed E-state index contributed by atoms with van der Waals surface area (Å²) < 4.78 is 2.25. The largest absolute Gasteiger partial charge is 1.00 e. The summed E-state index contributed by atoms with van der Waals surface area (Å²) in [7, 11) is 0. The molecule has 1 N–H and O–H groups in total. The number of benzene rings is 5. The van der Waals surface area contributed by atoms with E-state index in [2.05, 4.69) is 170 Å². The van der Waals surface area contributed by atoms with Crippen LogP contribution >= 0.6 is 23.2 Å². The summed E-state index contributed by atoms with van der Waals surface area (Å²) >= 11 is 9.53. The lowest BCUT2D eigenvalue weighted by atomic mass is 9.81. The highest BCUT2D eigenvalue weighted by molar-refractivity contribution is 6.40. The van der Waals surface area contributed by atoms with Gasteiger partial charge in [-0.15, -0.1) is 23.2 Å². The summed E-state index contributed by atoms with van der Waals surface area (Å²) in [6.45, 7) is 5.21. The Morgan fingerprint density at radius 1 is 0.609 bits per heavy atom. The summed E-state index contributed by atoms with van der Waals surface area (Å²) in [4.78, 5) is 0. The molecule has 0 bridgehead atoms. The van der Waals surface area contributed by atoms with E-state index in [1.165, 1.54) is 50.4 Å². The molecule has 46 heavy (non-hydrogen) atoms. The summed E-state index contributed by atoms with van der Waals surface area (Å²) in [6.07, 6.45) is 4.41. The van der Waals surface area contributed by atoms with Gasteiger partial charge in [-0.2, -0.15) is 4.58 Å². The van der Waals surface area contributed by atoms with Gasteiger partial charge in [-0.3, -0.25) is 0 Å². The number of hydrogen-bond donors (Lipinski definition) is 1. The highest BCUT2D eigenvalue weighted by Gasteiger charge is 2.43. The third kappa shape index (κ3) is 7.79. The van der Waals surface area contributed by atoms with Crippen molar-refractivity contribution in [2.45, 2.75) is 19.3 Å². The fraction of sp³-hybridized carbons (Fsp3) is 0.146. The van der Waals surface area contributed by atoms with Gasteiger partial charge in [-0.1, -0.05) is 133 Å². The number of halogens is 3. The van der Waals surface area contributed by atoms with E-state index >= 15 is 0 Å². The third-order valence-corrected chi connectivity index (χ3v) is 8.19. The standard InChI is InChI=1S/C40H36NO.CH2Cl2.BrH/c1-40(2)35-20-12-13-21-36(35)41(28-29-42)37(40)27-24-30-22-25-34(26-23-30)39(33-18-10-5-11-19-33)38(31-14-6-3-7-15-31)32-16-8-4-9-17-32;2-1-3;/h3-27,42H,28-29H2,1-2H3;1H2;1H/q+1;;/p-1/b27-24+;;. The van der Waals surface area contributed by atoms with Crippen molar-refractivity contribution in [2.75, 3.05) is 18.5 Å². The van der Waals surface area contributed by atoms with Gasteiger partial charge < -0.3 is 22.1 Å². The zero-order valence-corrected chi connectivity index (χ0v) is 29.2. The zero-order valence-electron chi connectivity index (χ0n) is 26.1. The number of β-amino-alcohol motifs (C(OH)–C–C–N with tert-alkyl or cyclic N) is 1. The number of aliphatic hydroxyl groups is 1. The van der Waals surface area contributed by atoms with Crippen LogP contribution in [0.1, 0.15) is 47.2 Å². The quantitative estimate of drug-likeness (QED) is 0.103. The van der Waals surface area contributed by atoms with Gasteiger partial charge >= 0.3 is 0 Å². The predicted molar refractivity (Wildman–Crippen MR) is 193 cm³/mol. The molecule has 5 heteroatoms. The van der Waals surface area contributed by atoms with Crippen molar-refractivity contribution < 1.29 is 26.7 Å². The Morgan fingerprint density at radius 2 is 1.02 bits per heavy atom. The van der Waals surface area contributed by atoms with Crippen LogP contribution in [0.5, 0.6) is 0 Å². The maximum Gasteiger partial charge on any atom is 0.209 e. The molecule has 0 aromatic heterocycles. The summed E-state index contributed by atoms with van der Waals surface area (Å²) in [6, 6.07) is 49.4. The second-order valence-corrected chi connectivity index (χ2v) is 12.1. The average molecular weight is 712 g/mol. The molecule has 0 atom stereocenters. The lowest BCUT2D eigenvalue weighted by Gasteiger charge is -2.18. The van der Waals surface area contributed by atoms with E-state index in [9.17, 15) is 5.11 Å². The van der Waals surface area contributed by atoms with Crippen molar-refractivity contribution in [1.82, 2.24) is 0 Å². The molecule has 234 valence electrons. The molecule has 6 rings (SSSR count). The van der Waals surface area contributed by atoms with Gasteiger partial charge in [-0.05, 0) is 58.9 Å². The molecule has 0 fully saturated rings. The predicted octanol–water partition coefficient (Wildman–Crippen LogP) is 7.20. The summed E-state index contributed by atoms with van der Waals surface area (Å²) in [5, 5.41) is 10.0. The SMILES string of the molecule is CC1(C)C(/C=C/c2ccc(C(=C(c3ccccc3)c3ccccc3)c3ccccc3)cc2)=[N+](CCO)c2ccccc21.ClCCl.[Br-]. The fourth-order valence-corrected chi connectivity index (χ4v) is 6.14. The van der Waals surface area contributed by atoms with E-state index in [0.717, 1.165) is 5.56 Å². The van der Waals surface area contributed by atoms with Crippen LogP contribution in [0.25, 0.3) is 17.2 Å². The number of para-hydroxylation sites is 1. The zero-order chi connectivity index (χ0) is 31.6. The fourth-order valence-electron chi connectivity index (χ4n) is 6.14. The molecule has 0 amide bonds. The molecule has 0 aliphatic carbocycles. The lowest BCUT2D eigenvalue weighted by Crippen LogP contribution is -3.00. The van der Waals surface area contributed by atoms with E-state index in [1.807, 2.05) is 0 Å². The van der Waals surface area contributed by atoms with E-state index in [4.69, 9.17) is 23.2 Å². The van der Waals surface area contributed by atoms with Gasteiger partial charge in [0.2, 0.25) is 5.69 Å². The van der Waals surface area contributed by atoms with Gasteiger partial charge in [0.1, 0.15) is 6.61 Å². The van der Waals surface area contributed by atoms with Crippen molar-refractivity contribution in [3.8, 4) is 0 Å². The van der Waals surface area contributed by atoms with E-state index in [1.54, 1.807) is 0 Å². The van der Waals surface area contributed by atoms with Gasteiger partial charge in [0.15, 0.2) is 12.3 Å². The molecule has 0 saturated heterocycles. The molecule has 2 nitrogen and oxygen atoms in total. The molecule has 5 aromatic rings. The average Bonchev–Trinajstić information content (AvgIpc) is 3.29. The summed E-state index contributed by atoms with van der Waals surface area (Å²) in [5.41, 5.74) is 11.8. The van der Waals surface area contributed by atoms with Crippen LogP contribution in [0.3, 0.4) is 0 Å². The first-order valence-corrected chi connectivity index (χ1v) is 16.2. The molecular weight excluding hydrogens is 673 g/mol. The minimum absolute atomic E-state index is 0. The van der Waals surface area contributed by atoms with Crippen LogP contribution in [-0.2, 0) is 5.41 Å². The molecule has 0 saturated carbocycles. The van der Waals surface area contributed by atoms with Gasteiger partial charge in [0.25, 0.3) is 0 Å². The Labute approximate surface area is 293 Å². The maximum absolute atomic E-state index is 9.83. The minimum atomic E-state index is -0.147. The second-order valence-electron chi connectivity index (χ2n) is 11.3. The Bertz CT molecular complexity index is 1760. The van der Waals surface area contributed by atoms with Crippen molar-refractivity contribution in [1.29, 1.82) is 0 Å². The van der Waals surface area contributed by atoms with Gasteiger partial charge in [-0.25, -0.2) is 0 Å².